The zero-order chi connectivity index (χ0) is 43.3. The Morgan fingerprint density at radius 3 is 1.38 bits per heavy atom. The fourth-order valence-electron chi connectivity index (χ4n) is 10.9. The minimum Gasteiger partial charge on any atom is -0.326 e. The summed E-state index contributed by atoms with van der Waals surface area (Å²) in [6.45, 7) is 0.730. The van der Waals surface area contributed by atoms with Crippen molar-refractivity contribution < 1.29 is 0 Å². The van der Waals surface area contributed by atoms with E-state index in [4.69, 9.17) is 0 Å². The maximum absolute atomic E-state index is 2.50. The van der Waals surface area contributed by atoms with Crippen LogP contribution in [-0.4, -0.2) is 12.8 Å². The third-order valence-electron chi connectivity index (χ3n) is 13.8. The lowest BCUT2D eigenvalue weighted by Gasteiger charge is -2.31. The first-order chi connectivity index (χ1) is 32.8. The monoisotopic (exact) mass is 875 g/mol. The Kier molecular flexibility index (Phi) is 8.42. The normalized spacial score (nSPS) is 12.8. The molecule has 0 unspecified atom stereocenters. The second-order valence-electron chi connectivity index (χ2n) is 17.3. The summed E-state index contributed by atoms with van der Waals surface area (Å²) in [5.74, 6) is 0. The molecule has 0 bridgehead atoms. The molecule has 0 radical (unpaired) electrons. The lowest BCUT2D eigenvalue weighted by atomic mass is 9.76. The van der Waals surface area contributed by atoms with Crippen LogP contribution in [0.1, 0.15) is 0 Å². The number of anilines is 2. The molecule has 14 rings (SSSR count). The van der Waals surface area contributed by atoms with Gasteiger partial charge in [-0.1, -0.05) is 170 Å². The minimum atomic E-state index is 0.730. The van der Waals surface area contributed by atoms with Crippen molar-refractivity contribution in [2.75, 3.05) is 11.4 Å². The largest absolute Gasteiger partial charge is 0.326 e. The van der Waals surface area contributed by atoms with Crippen molar-refractivity contribution in [3.8, 4) is 66.8 Å². The molecule has 0 atom stereocenters. The Morgan fingerprint density at radius 2 is 0.773 bits per heavy atom. The predicted octanol–water partition coefficient (Wildman–Crippen LogP) is 17.8. The van der Waals surface area contributed by atoms with Crippen LogP contribution in [0.3, 0.4) is 0 Å². The predicted molar refractivity (Wildman–Crippen MR) is 286 cm³/mol. The Morgan fingerprint density at radius 1 is 0.348 bits per heavy atom. The number of thiophene rings is 2. The van der Waals surface area contributed by atoms with Crippen molar-refractivity contribution in [2.45, 2.75) is 0 Å². The first-order valence-electron chi connectivity index (χ1n) is 22.6. The number of fused-ring (bicyclic) bond motifs is 15. The molecular formula is C62H39N2S2+. The van der Waals surface area contributed by atoms with Crippen LogP contribution in [0.15, 0.2) is 218 Å². The van der Waals surface area contributed by atoms with Gasteiger partial charge in [0.05, 0.1) is 0 Å². The van der Waals surface area contributed by atoms with Crippen LogP contribution in [0, 0.1) is 0 Å². The molecule has 0 amide bonds. The van der Waals surface area contributed by atoms with E-state index in [1.54, 1.807) is 0 Å². The van der Waals surface area contributed by atoms with Crippen LogP contribution >= 0.6 is 22.7 Å². The molecule has 66 heavy (non-hydrogen) atoms. The van der Waals surface area contributed by atoms with Crippen LogP contribution in [0.25, 0.3) is 107 Å². The molecule has 2 nitrogen and oxygen atoms in total. The minimum absolute atomic E-state index is 0.730. The van der Waals surface area contributed by atoms with E-state index in [1.807, 2.05) is 22.7 Å². The van der Waals surface area contributed by atoms with E-state index in [9.17, 15) is 0 Å². The van der Waals surface area contributed by atoms with Crippen molar-refractivity contribution in [1.82, 2.24) is 4.58 Å². The van der Waals surface area contributed by atoms with Crippen LogP contribution < -0.4 is 9.48 Å². The summed E-state index contributed by atoms with van der Waals surface area (Å²) >= 11 is 3.81. The molecule has 0 N–H and O–H groups in total. The van der Waals surface area contributed by atoms with Gasteiger partial charge in [-0.2, -0.15) is 4.58 Å². The van der Waals surface area contributed by atoms with Gasteiger partial charge in [0.2, 0.25) is 11.4 Å². The van der Waals surface area contributed by atoms with Gasteiger partial charge in [-0.05, 0) is 86.0 Å². The first-order valence-corrected chi connectivity index (χ1v) is 24.3. The highest BCUT2D eigenvalue weighted by Crippen LogP contribution is 2.57. The van der Waals surface area contributed by atoms with Gasteiger partial charge < -0.3 is 4.90 Å². The van der Waals surface area contributed by atoms with Gasteiger partial charge in [-0.25, -0.2) is 0 Å². The zero-order valence-electron chi connectivity index (χ0n) is 35.8. The van der Waals surface area contributed by atoms with E-state index in [2.05, 4.69) is 234 Å². The molecular weight excluding hydrogens is 837 g/mol. The second-order valence-corrected chi connectivity index (χ2v) is 19.4. The van der Waals surface area contributed by atoms with E-state index in [0.717, 1.165) is 17.9 Å². The van der Waals surface area contributed by atoms with E-state index in [0.29, 0.717) is 0 Å². The second kappa shape index (κ2) is 14.8. The summed E-state index contributed by atoms with van der Waals surface area (Å²) in [6.07, 6.45) is 2.33. The van der Waals surface area contributed by atoms with Gasteiger partial charge >= 0.3 is 0 Å². The molecule has 3 heterocycles. The molecule has 12 aromatic rings. The van der Waals surface area contributed by atoms with Crippen LogP contribution in [-0.2, 0) is 0 Å². The molecule has 0 spiro atoms. The van der Waals surface area contributed by atoms with E-state index >= 15 is 0 Å². The zero-order valence-corrected chi connectivity index (χ0v) is 37.4. The molecule has 0 saturated heterocycles. The van der Waals surface area contributed by atoms with Crippen molar-refractivity contribution in [2.24, 2.45) is 0 Å². The van der Waals surface area contributed by atoms with Crippen LogP contribution in [0.2, 0.25) is 0 Å². The Labute approximate surface area is 390 Å². The number of benzene rings is 10. The van der Waals surface area contributed by atoms with Gasteiger partial charge in [0.15, 0.2) is 6.21 Å². The van der Waals surface area contributed by atoms with Gasteiger partial charge in [-0.15, -0.1) is 22.7 Å². The fourth-order valence-corrected chi connectivity index (χ4v) is 13.4. The molecule has 2 aromatic heterocycles. The average molecular weight is 876 g/mol. The fraction of sp³-hybridized carbons (Fsp3) is 0.0161. The topological polar surface area (TPSA) is 6.25 Å². The SMILES string of the molecule is C1=[N+](c2ccccc2)c2cc3c(cc2N(c2ccccc2)C1)-c1cccc(-c2cccc4c2sc2ccccc24)c1-c1c(cccc1-c1cccc2c1sc1ccccc12)-c1ccccc1-3. The molecule has 1 aliphatic carbocycles. The van der Waals surface area contributed by atoms with E-state index in [-0.39, 0.29) is 0 Å². The summed E-state index contributed by atoms with van der Waals surface area (Å²) in [5, 5.41) is 5.22. The smallest absolute Gasteiger partial charge is 0.235 e. The maximum atomic E-state index is 2.50. The summed E-state index contributed by atoms with van der Waals surface area (Å²) < 4.78 is 7.65. The van der Waals surface area contributed by atoms with Gasteiger partial charge in [0.1, 0.15) is 12.2 Å². The van der Waals surface area contributed by atoms with Crippen molar-refractivity contribution in [3.63, 3.8) is 0 Å². The van der Waals surface area contributed by atoms with Crippen molar-refractivity contribution in [1.29, 1.82) is 0 Å². The molecule has 10 aromatic carbocycles. The first kappa shape index (κ1) is 37.5. The Bertz CT molecular complexity index is 3970. The molecule has 4 heteroatoms. The van der Waals surface area contributed by atoms with E-state index < -0.39 is 0 Å². The maximum Gasteiger partial charge on any atom is 0.235 e. The lowest BCUT2D eigenvalue weighted by molar-refractivity contribution is 1.000. The molecule has 2 aliphatic rings. The van der Waals surface area contributed by atoms with Crippen LogP contribution in [0.4, 0.5) is 22.7 Å². The number of para-hydroxylation sites is 2. The highest BCUT2D eigenvalue weighted by atomic mass is 32.1. The summed E-state index contributed by atoms with van der Waals surface area (Å²) in [6, 6.07) is 81.4. The van der Waals surface area contributed by atoms with Gasteiger partial charge in [0.25, 0.3) is 0 Å². The standard InChI is InChI=1S/C62H39N2S2/c1-3-17-39(18-4-1)63-35-36-64(40-19-5-2-6-20-40)56-38-54-48-28-14-27-47(52-32-16-30-50-44-24-10-12-34-58(44)66-62(50)52)60(48)59-45(41-21-7-8-22-42(41)53(54)37-55(56)63)25-13-26-46(59)51-31-15-29-49-43-23-9-11-33-57(43)65-61(49)51/h1-35,37-38H,36H2/q+1. The lowest BCUT2D eigenvalue weighted by Crippen LogP contribution is -2.29. The molecule has 1 aliphatic heterocycles. The third kappa shape index (κ3) is 5.62. The average Bonchev–Trinajstić information content (AvgIpc) is 3.97. The molecule has 0 fully saturated rings. The van der Waals surface area contributed by atoms with Crippen LogP contribution in [0.5, 0.6) is 0 Å². The Balaban J connectivity index is 1.14. The van der Waals surface area contributed by atoms with Crippen molar-refractivity contribution >= 4 is 92.0 Å². The summed E-state index contributed by atoms with van der Waals surface area (Å²) in [5.41, 5.74) is 19.5. The molecule has 308 valence electrons. The van der Waals surface area contributed by atoms with E-state index in [1.165, 1.54) is 118 Å². The number of hydrogen-bond acceptors (Lipinski definition) is 3. The number of hydrogen-bond donors (Lipinski definition) is 0. The third-order valence-corrected chi connectivity index (χ3v) is 16.2. The number of rotatable bonds is 4. The Hall–Kier alpha value is -7.89. The van der Waals surface area contributed by atoms with Gasteiger partial charge in [-0.3, -0.25) is 0 Å². The highest BCUT2D eigenvalue weighted by Gasteiger charge is 2.34. The summed E-state index contributed by atoms with van der Waals surface area (Å²) in [7, 11) is 0. The van der Waals surface area contributed by atoms with Crippen molar-refractivity contribution in [3.05, 3.63) is 218 Å². The quantitative estimate of drug-likeness (QED) is 0.160. The highest BCUT2D eigenvalue weighted by molar-refractivity contribution is 7.26. The number of nitrogens with zero attached hydrogens (tertiary/aromatic N) is 2. The molecule has 0 saturated carbocycles. The summed E-state index contributed by atoms with van der Waals surface area (Å²) in [4.78, 5) is 2.47. The van der Waals surface area contributed by atoms with Gasteiger partial charge in [0, 0.05) is 75.4 Å².